The van der Waals surface area contributed by atoms with E-state index >= 15 is 0 Å². The molecule has 0 saturated heterocycles. The molecular formula is C30H25Cl2N5O4. The van der Waals surface area contributed by atoms with E-state index in [1.165, 1.54) is 18.1 Å². The van der Waals surface area contributed by atoms with Gasteiger partial charge in [-0.1, -0.05) is 35.3 Å². The van der Waals surface area contributed by atoms with Crippen molar-refractivity contribution in [2.45, 2.75) is 32.4 Å². The summed E-state index contributed by atoms with van der Waals surface area (Å²) in [4.78, 5) is 47.0. The number of halogens is 2. The van der Waals surface area contributed by atoms with Gasteiger partial charge < -0.3 is 20.4 Å². The van der Waals surface area contributed by atoms with Crippen molar-refractivity contribution in [3.05, 3.63) is 92.7 Å². The first-order valence-electron chi connectivity index (χ1n) is 12.8. The fourth-order valence-electron chi connectivity index (χ4n) is 5.85. The third kappa shape index (κ3) is 3.69. The van der Waals surface area contributed by atoms with Crippen LogP contribution >= 0.6 is 23.2 Å². The molecule has 4 aromatic rings. The number of fused-ring (bicyclic) bond motifs is 4. The third-order valence-electron chi connectivity index (χ3n) is 7.60. The number of methoxy groups -OCH3 is 1. The fourth-order valence-corrected chi connectivity index (χ4v) is 6.19. The van der Waals surface area contributed by atoms with Crippen LogP contribution in [0.2, 0.25) is 10.0 Å². The molecule has 208 valence electrons. The number of nitrogens with two attached hydrogens (primary N) is 1. The summed E-state index contributed by atoms with van der Waals surface area (Å²) in [6, 6.07) is 14.8. The molecule has 9 nitrogen and oxygen atoms in total. The number of nitrogens with zero attached hydrogens (tertiary/aromatic N) is 3. The van der Waals surface area contributed by atoms with Gasteiger partial charge in [0.15, 0.2) is 11.2 Å². The predicted molar refractivity (Wildman–Crippen MR) is 157 cm³/mol. The minimum Gasteiger partial charge on any atom is -0.496 e. The quantitative estimate of drug-likeness (QED) is 0.309. The lowest BCUT2D eigenvalue weighted by molar-refractivity contribution is -0.119. The zero-order valence-corrected chi connectivity index (χ0v) is 24.1. The lowest BCUT2D eigenvalue weighted by Gasteiger charge is -2.36. The number of anilines is 2. The minimum absolute atomic E-state index is 0.118. The normalized spacial score (nSPS) is 17.3. The number of imidazole rings is 1. The zero-order chi connectivity index (χ0) is 29.4. The molecule has 2 aliphatic rings. The zero-order valence-electron chi connectivity index (χ0n) is 22.6. The van der Waals surface area contributed by atoms with Crippen molar-refractivity contribution < 1.29 is 19.1 Å². The Bertz CT molecular complexity index is 1810. The molecule has 0 bridgehead atoms. The van der Waals surface area contributed by atoms with Gasteiger partial charge >= 0.3 is 0 Å². The van der Waals surface area contributed by atoms with Crippen molar-refractivity contribution in [1.29, 1.82) is 0 Å². The number of hydrogen-bond donors (Lipinski definition) is 2. The van der Waals surface area contributed by atoms with Gasteiger partial charge in [-0.2, -0.15) is 0 Å². The second-order valence-corrected chi connectivity index (χ2v) is 11.2. The highest BCUT2D eigenvalue weighted by Gasteiger charge is 2.64. The van der Waals surface area contributed by atoms with Crippen molar-refractivity contribution >= 4 is 52.3 Å². The number of hydrogen-bond acceptors (Lipinski definition) is 5. The Morgan fingerprint density at radius 2 is 1.76 bits per heavy atom. The molecule has 1 aromatic heterocycles. The molecule has 0 saturated carbocycles. The summed E-state index contributed by atoms with van der Waals surface area (Å²) in [5.74, 6) is -0.742. The molecule has 3 aromatic carbocycles. The molecule has 2 aliphatic heterocycles. The van der Waals surface area contributed by atoms with Gasteiger partial charge in [0.1, 0.15) is 11.6 Å². The number of carbonyl (C=O) groups excluding carboxylic acids is 3. The van der Waals surface area contributed by atoms with E-state index in [9.17, 15) is 14.4 Å². The average molecular weight is 590 g/mol. The molecule has 41 heavy (non-hydrogen) atoms. The van der Waals surface area contributed by atoms with E-state index in [4.69, 9.17) is 38.7 Å². The van der Waals surface area contributed by atoms with Crippen LogP contribution in [0.5, 0.6) is 5.75 Å². The van der Waals surface area contributed by atoms with Crippen LogP contribution < -0.4 is 20.7 Å². The number of benzene rings is 3. The fraction of sp³-hybridized carbons (Fsp3) is 0.200. The molecule has 3 heterocycles. The average Bonchev–Trinajstić information content (AvgIpc) is 3.53. The molecule has 0 radical (unpaired) electrons. The maximum atomic E-state index is 14.5. The van der Waals surface area contributed by atoms with E-state index in [0.717, 1.165) is 5.56 Å². The van der Waals surface area contributed by atoms with Crippen LogP contribution in [0.25, 0.3) is 11.4 Å². The highest BCUT2D eigenvalue weighted by molar-refractivity contribution is 6.32. The summed E-state index contributed by atoms with van der Waals surface area (Å²) in [5.41, 5.74) is 7.49. The standard InChI is InChI=1S/C30H25Cl2N5O4/c1-14(2)36-25-24(35-27(36)19-9-6-16(26(33)38)11-23(19)41-4)28(39)37(22-13-18(32)7-5-15(22)3)30(25)20-10-8-17(31)12-21(20)34-29(30)40/h5-14H,1-4H3,(H2,33,38)(H,34,40)/t30-/m1/s1. The monoisotopic (exact) mass is 589 g/mol. The smallest absolute Gasteiger partial charge is 0.280 e. The number of rotatable bonds is 5. The summed E-state index contributed by atoms with van der Waals surface area (Å²) >= 11 is 12.7. The van der Waals surface area contributed by atoms with E-state index in [-0.39, 0.29) is 17.3 Å². The van der Waals surface area contributed by atoms with E-state index < -0.39 is 23.3 Å². The Kier molecular flexibility index (Phi) is 6.13. The molecule has 1 atom stereocenters. The van der Waals surface area contributed by atoms with Crippen LogP contribution in [-0.4, -0.2) is 34.4 Å². The van der Waals surface area contributed by atoms with E-state index in [1.54, 1.807) is 48.5 Å². The van der Waals surface area contributed by atoms with Gasteiger partial charge in [-0.15, -0.1) is 0 Å². The minimum atomic E-state index is -1.61. The third-order valence-corrected chi connectivity index (χ3v) is 8.07. The highest BCUT2D eigenvalue weighted by Crippen LogP contribution is 2.55. The number of primary amides is 1. The Balaban J connectivity index is 1.72. The number of amides is 3. The molecule has 6 rings (SSSR count). The summed E-state index contributed by atoms with van der Waals surface area (Å²) in [7, 11) is 1.47. The Labute approximate surface area is 245 Å². The van der Waals surface area contributed by atoms with Crippen LogP contribution in [0.1, 0.15) is 57.6 Å². The van der Waals surface area contributed by atoms with Crippen LogP contribution in [0, 0.1) is 6.92 Å². The van der Waals surface area contributed by atoms with Crippen molar-refractivity contribution in [3.8, 4) is 17.1 Å². The van der Waals surface area contributed by atoms with E-state index in [2.05, 4.69) is 5.32 Å². The van der Waals surface area contributed by atoms with Crippen molar-refractivity contribution in [1.82, 2.24) is 9.55 Å². The maximum absolute atomic E-state index is 14.5. The van der Waals surface area contributed by atoms with Gasteiger partial charge in [0.25, 0.3) is 11.8 Å². The largest absolute Gasteiger partial charge is 0.496 e. The summed E-state index contributed by atoms with van der Waals surface area (Å²) < 4.78 is 7.49. The lowest BCUT2D eigenvalue weighted by Crippen LogP contribution is -2.51. The molecular weight excluding hydrogens is 565 g/mol. The Hall–Kier alpha value is -4.34. The molecule has 0 aliphatic carbocycles. The van der Waals surface area contributed by atoms with Crippen LogP contribution in [-0.2, 0) is 10.3 Å². The molecule has 3 N–H and O–H groups in total. The van der Waals surface area contributed by atoms with Gasteiger partial charge in [-0.25, -0.2) is 4.98 Å². The summed E-state index contributed by atoms with van der Waals surface area (Å²) in [5, 5.41) is 3.81. The van der Waals surface area contributed by atoms with Gasteiger partial charge in [0.05, 0.1) is 24.1 Å². The number of ether oxygens (including phenoxy) is 1. The van der Waals surface area contributed by atoms with Gasteiger partial charge in [-0.3, -0.25) is 19.3 Å². The number of nitrogens with one attached hydrogen (secondary N) is 1. The van der Waals surface area contributed by atoms with Crippen molar-refractivity contribution in [2.75, 3.05) is 17.3 Å². The SMILES string of the molecule is COc1cc(C(N)=O)ccc1-c1nc2c(n1C(C)C)[C@]1(C(=O)Nc3cc(Cl)ccc31)N(c1cc(Cl)ccc1C)C2=O. The highest BCUT2D eigenvalue weighted by atomic mass is 35.5. The molecule has 0 unspecified atom stereocenters. The first-order valence-corrected chi connectivity index (χ1v) is 13.6. The van der Waals surface area contributed by atoms with Gasteiger partial charge in [0.2, 0.25) is 5.91 Å². The number of aromatic nitrogens is 2. The maximum Gasteiger partial charge on any atom is 0.280 e. The summed E-state index contributed by atoms with van der Waals surface area (Å²) in [6.07, 6.45) is 0. The Morgan fingerprint density at radius 1 is 1.05 bits per heavy atom. The van der Waals surface area contributed by atoms with Gasteiger partial charge in [-0.05, 0) is 68.8 Å². The summed E-state index contributed by atoms with van der Waals surface area (Å²) in [6.45, 7) is 5.74. The topological polar surface area (TPSA) is 120 Å². The predicted octanol–water partition coefficient (Wildman–Crippen LogP) is 5.71. The van der Waals surface area contributed by atoms with Crippen LogP contribution in [0.3, 0.4) is 0 Å². The number of carbonyl (C=O) groups is 3. The van der Waals surface area contributed by atoms with Crippen molar-refractivity contribution in [2.24, 2.45) is 5.73 Å². The van der Waals surface area contributed by atoms with Crippen LogP contribution in [0.4, 0.5) is 11.4 Å². The first kappa shape index (κ1) is 26.9. The lowest BCUT2D eigenvalue weighted by atomic mass is 9.86. The van der Waals surface area contributed by atoms with E-state index in [1.807, 2.05) is 25.3 Å². The number of aryl methyl sites for hydroxylation is 1. The van der Waals surface area contributed by atoms with E-state index in [0.29, 0.717) is 49.8 Å². The van der Waals surface area contributed by atoms with Gasteiger partial charge in [0, 0.05) is 32.9 Å². The molecule has 11 heteroatoms. The second kappa shape index (κ2) is 9.36. The Morgan fingerprint density at radius 3 is 2.44 bits per heavy atom. The van der Waals surface area contributed by atoms with Crippen molar-refractivity contribution in [3.63, 3.8) is 0 Å². The molecule has 1 spiro atoms. The first-order chi connectivity index (χ1) is 19.5. The molecule has 3 amide bonds. The second-order valence-electron chi connectivity index (χ2n) is 10.3. The molecule has 0 fully saturated rings. The van der Waals surface area contributed by atoms with Crippen LogP contribution in [0.15, 0.2) is 54.6 Å².